The fourth-order valence-electron chi connectivity index (χ4n) is 3.26. The molecule has 12 radical (unpaired) electrons. The van der Waals surface area contributed by atoms with Gasteiger partial charge in [-0.05, 0) is 29.2 Å². The van der Waals surface area contributed by atoms with Crippen LogP contribution in [-0.2, 0) is 11.8 Å². The number of halogens is 1. The lowest BCUT2D eigenvalue weighted by atomic mass is 9.52. The first kappa shape index (κ1) is 23.3. The fraction of sp³-hybridized carbons (Fsp3) is 0.333. The van der Waals surface area contributed by atoms with Gasteiger partial charge < -0.3 is 19.4 Å². The van der Waals surface area contributed by atoms with Crippen molar-refractivity contribution in [3.63, 3.8) is 0 Å². The maximum atomic E-state index is 13.2. The molecule has 152 valence electrons. The van der Waals surface area contributed by atoms with E-state index in [4.69, 9.17) is 56.6 Å². The first-order valence-electron chi connectivity index (χ1n) is 9.69. The molecule has 33 heavy (non-hydrogen) atoms. The Kier molecular flexibility index (Phi) is 5.78. The van der Waals surface area contributed by atoms with Gasteiger partial charge >= 0.3 is 0 Å². The highest BCUT2D eigenvalue weighted by atomic mass is 19.1. The van der Waals surface area contributed by atoms with Crippen LogP contribution in [0.2, 0.25) is 0 Å². The predicted molar refractivity (Wildman–Crippen MR) is 125 cm³/mol. The van der Waals surface area contributed by atoms with E-state index in [1.165, 1.54) is 6.20 Å². The molecule has 0 unspecified atom stereocenters. The standard InChI is InChI=1S/C18H12B6FN5O3/c1-30-10(2-7-3-12(26-5-11(7)30)29-14(31)8-4-9(8)25)13-15(32-17(19,20)21)27-6-28-16(13)33-18(22,23)24/h2-3,5-6,8-9H,4H2,1H3,(H,26,29,31)/t8-,9+/m1/s1. The highest BCUT2D eigenvalue weighted by Crippen LogP contribution is 2.40. The zero-order valence-electron chi connectivity index (χ0n) is 17.5. The number of hydrogen-bond donors (Lipinski definition) is 1. The summed E-state index contributed by atoms with van der Waals surface area (Å²) >= 11 is 0. The number of nitrogens with zero attached hydrogens (tertiary/aromatic N) is 4. The van der Waals surface area contributed by atoms with E-state index >= 15 is 0 Å². The Morgan fingerprint density at radius 1 is 1.09 bits per heavy atom. The Labute approximate surface area is 197 Å². The zero-order valence-corrected chi connectivity index (χ0v) is 17.5. The number of pyridine rings is 1. The molecule has 8 nitrogen and oxygen atoms in total. The lowest BCUT2D eigenvalue weighted by molar-refractivity contribution is -0.117. The first-order chi connectivity index (χ1) is 15.3. The molecule has 0 bridgehead atoms. The predicted octanol–water partition coefficient (Wildman–Crippen LogP) is -0.682. The normalized spacial score (nSPS) is 18.1. The van der Waals surface area contributed by atoms with E-state index in [1.807, 2.05) is 0 Å². The minimum Gasteiger partial charge on any atom is -0.500 e. The third-order valence-electron chi connectivity index (χ3n) is 4.81. The molecule has 1 fully saturated rings. The maximum Gasteiger partial charge on any atom is 0.231 e. The van der Waals surface area contributed by atoms with Crippen molar-refractivity contribution in [3.05, 3.63) is 24.7 Å². The van der Waals surface area contributed by atoms with Gasteiger partial charge in [0.15, 0.2) is 0 Å². The molecular weight excluding hydrogens is 418 g/mol. The summed E-state index contributed by atoms with van der Waals surface area (Å²) in [5, 5.41) is -0.889. The molecule has 1 amide bonds. The molecule has 0 aliphatic heterocycles. The van der Waals surface area contributed by atoms with E-state index in [0.29, 0.717) is 16.6 Å². The van der Waals surface area contributed by atoms with Gasteiger partial charge in [0.25, 0.3) is 0 Å². The fourth-order valence-corrected chi connectivity index (χ4v) is 3.26. The number of ether oxygens (including phenoxy) is 2. The van der Waals surface area contributed by atoms with Crippen LogP contribution in [0.4, 0.5) is 10.2 Å². The lowest BCUT2D eigenvalue weighted by Crippen LogP contribution is -2.39. The molecular formula is C18H12B6FN5O3. The van der Waals surface area contributed by atoms with Crippen molar-refractivity contribution in [2.45, 2.75) is 23.2 Å². The smallest absolute Gasteiger partial charge is 0.231 e. The number of fused-ring (bicyclic) bond motifs is 1. The molecule has 3 aromatic rings. The zero-order chi connectivity index (χ0) is 24.1. The third-order valence-corrected chi connectivity index (χ3v) is 4.81. The van der Waals surface area contributed by atoms with E-state index in [1.54, 1.807) is 23.7 Å². The number of carbonyl (C=O) groups is 1. The number of carbonyl (C=O) groups excluding carboxylic acids is 1. The molecule has 15 heteroatoms. The van der Waals surface area contributed by atoms with Crippen LogP contribution in [0.25, 0.3) is 22.2 Å². The van der Waals surface area contributed by atoms with Gasteiger partial charge in [-0.2, -0.15) is 0 Å². The number of amides is 1. The van der Waals surface area contributed by atoms with Crippen LogP contribution in [0.1, 0.15) is 6.42 Å². The summed E-state index contributed by atoms with van der Waals surface area (Å²) in [6.45, 7) is 0. The van der Waals surface area contributed by atoms with E-state index < -0.39 is 28.6 Å². The number of alkyl halides is 1. The number of aryl methyl sites for hydroxylation is 1. The van der Waals surface area contributed by atoms with E-state index in [0.717, 1.165) is 6.33 Å². The second-order valence-corrected chi connectivity index (χ2v) is 7.83. The summed E-state index contributed by atoms with van der Waals surface area (Å²) in [5.74, 6) is -1.08. The summed E-state index contributed by atoms with van der Waals surface area (Å²) in [5.41, 5.74) is 1.24. The van der Waals surface area contributed by atoms with Crippen LogP contribution in [0.15, 0.2) is 24.7 Å². The third kappa shape index (κ3) is 5.23. The number of hydrogen-bond acceptors (Lipinski definition) is 6. The van der Waals surface area contributed by atoms with Crippen molar-refractivity contribution in [2.75, 3.05) is 5.32 Å². The largest absolute Gasteiger partial charge is 0.500 e. The topological polar surface area (TPSA) is 91.2 Å². The van der Waals surface area contributed by atoms with E-state index in [9.17, 15) is 9.18 Å². The van der Waals surface area contributed by atoms with Crippen molar-refractivity contribution in [1.29, 1.82) is 0 Å². The second kappa shape index (κ2) is 8.18. The minimum atomic E-state index is -2.08. The van der Waals surface area contributed by atoms with Crippen molar-refractivity contribution >= 4 is 69.7 Å². The quantitative estimate of drug-likeness (QED) is 0.500. The number of anilines is 1. The van der Waals surface area contributed by atoms with Gasteiger partial charge in [0.2, 0.25) is 17.7 Å². The summed E-state index contributed by atoms with van der Waals surface area (Å²) in [4.78, 5) is 24.3. The Morgan fingerprint density at radius 3 is 2.18 bits per heavy atom. The van der Waals surface area contributed by atoms with Crippen molar-refractivity contribution < 1.29 is 18.7 Å². The van der Waals surface area contributed by atoms with Crippen LogP contribution >= 0.6 is 0 Å². The van der Waals surface area contributed by atoms with Gasteiger partial charge in [0.1, 0.15) is 71.0 Å². The summed E-state index contributed by atoms with van der Waals surface area (Å²) in [6, 6.07) is 3.33. The molecule has 0 spiro atoms. The van der Waals surface area contributed by atoms with Gasteiger partial charge in [-0.3, -0.25) is 4.79 Å². The van der Waals surface area contributed by atoms with Crippen LogP contribution in [0, 0.1) is 5.92 Å². The molecule has 0 saturated heterocycles. The molecule has 3 aromatic heterocycles. The summed E-state index contributed by atoms with van der Waals surface area (Å²) in [7, 11) is 35.2. The van der Waals surface area contributed by atoms with Crippen LogP contribution < -0.4 is 14.8 Å². The van der Waals surface area contributed by atoms with Crippen LogP contribution in [0.5, 0.6) is 11.8 Å². The second-order valence-electron chi connectivity index (χ2n) is 7.83. The minimum absolute atomic E-state index is 0.133. The van der Waals surface area contributed by atoms with Crippen molar-refractivity contribution in [3.8, 4) is 23.0 Å². The monoisotopic (exact) mass is 431 g/mol. The van der Waals surface area contributed by atoms with Crippen LogP contribution in [0.3, 0.4) is 0 Å². The highest BCUT2D eigenvalue weighted by molar-refractivity contribution is 6.58. The van der Waals surface area contributed by atoms with Gasteiger partial charge in [-0.15, -0.1) is 0 Å². The van der Waals surface area contributed by atoms with E-state index in [2.05, 4.69) is 20.3 Å². The molecule has 2 atom stereocenters. The maximum absolute atomic E-state index is 13.2. The average molecular weight is 430 g/mol. The van der Waals surface area contributed by atoms with Gasteiger partial charge in [0.05, 0.1) is 23.3 Å². The highest BCUT2D eigenvalue weighted by Gasteiger charge is 2.43. The molecule has 1 saturated carbocycles. The Balaban J connectivity index is 1.79. The Hall–Kier alpha value is -2.84. The van der Waals surface area contributed by atoms with Gasteiger partial charge in [0, 0.05) is 12.4 Å². The Bertz CT molecular complexity index is 1190. The molecule has 1 N–H and O–H groups in total. The summed E-state index contributed by atoms with van der Waals surface area (Å²) in [6.07, 6.45) is 1.71. The van der Waals surface area contributed by atoms with Crippen molar-refractivity contribution in [1.82, 2.24) is 19.5 Å². The van der Waals surface area contributed by atoms with Crippen LogP contribution in [-0.4, -0.2) is 89.3 Å². The van der Waals surface area contributed by atoms with E-state index in [-0.39, 0.29) is 29.6 Å². The van der Waals surface area contributed by atoms with Crippen molar-refractivity contribution in [2.24, 2.45) is 13.0 Å². The number of nitrogens with one attached hydrogen (secondary N) is 1. The molecule has 1 aliphatic carbocycles. The molecule has 1 aliphatic rings. The van der Waals surface area contributed by atoms with Gasteiger partial charge in [-0.25, -0.2) is 19.3 Å². The first-order valence-corrected chi connectivity index (χ1v) is 9.69. The molecule has 0 aromatic carbocycles. The summed E-state index contributed by atoms with van der Waals surface area (Å²) < 4.78 is 25.6. The average Bonchev–Trinajstić information content (AvgIpc) is 3.32. The Morgan fingerprint density at radius 2 is 1.67 bits per heavy atom. The SMILES string of the molecule is [B]C([B])([B])Oc1ncnc(OC([B])([B])[B])c1-c1cc2cc(NC(=O)[C@@H]3C[C@@H]3F)ncc2n1C. The van der Waals surface area contributed by atoms with Gasteiger partial charge in [-0.1, -0.05) is 0 Å². The molecule has 3 heterocycles. The number of aromatic nitrogens is 4. The molecule has 4 rings (SSSR count). The number of rotatable bonds is 7. The lowest BCUT2D eigenvalue weighted by Gasteiger charge is -2.27.